The molecule has 0 atom stereocenters. The van der Waals surface area contributed by atoms with Crippen LogP contribution in [0.15, 0.2) is 48.8 Å². The molecule has 1 fully saturated rings. The minimum atomic E-state index is -0.114. The second-order valence-corrected chi connectivity index (χ2v) is 6.03. The molecule has 0 radical (unpaired) electrons. The fraction of sp³-hybridized carbons (Fsp3) is 0.333. The third kappa shape index (κ3) is 3.95. The van der Waals surface area contributed by atoms with Crippen molar-refractivity contribution in [1.82, 2.24) is 14.4 Å². The van der Waals surface area contributed by atoms with Crippen molar-refractivity contribution in [1.29, 1.82) is 0 Å². The van der Waals surface area contributed by atoms with Crippen molar-refractivity contribution in [2.24, 2.45) is 7.05 Å². The smallest absolute Gasteiger partial charge is 0.321 e. The number of benzene rings is 1. The van der Waals surface area contributed by atoms with E-state index < -0.39 is 0 Å². The molecule has 3 amide bonds. The van der Waals surface area contributed by atoms with Crippen molar-refractivity contribution in [3.8, 4) is 0 Å². The fourth-order valence-electron chi connectivity index (χ4n) is 2.83. The Bertz CT molecular complexity index is 703. The average molecular weight is 326 g/mol. The number of rotatable bonds is 3. The molecule has 1 aromatic heterocycles. The molecule has 1 N–H and O–H groups in total. The number of amides is 3. The van der Waals surface area contributed by atoms with E-state index in [0.717, 1.165) is 11.3 Å². The maximum absolute atomic E-state index is 12.3. The summed E-state index contributed by atoms with van der Waals surface area (Å²) >= 11 is 0. The van der Waals surface area contributed by atoms with E-state index in [4.69, 9.17) is 0 Å². The highest BCUT2D eigenvalue weighted by molar-refractivity contribution is 5.89. The maximum Gasteiger partial charge on any atom is 0.321 e. The number of hydrogen-bond acceptors (Lipinski definition) is 2. The third-order valence-corrected chi connectivity index (χ3v) is 4.19. The van der Waals surface area contributed by atoms with Crippen LogP contribution in [0, 0.1) is 0 Å². The molecule has 6 heteroatoms. The van der Waals surface area contributed by atoms with Crippen LogP contribution in [0.25, 0.3) is 0 Å². The highest BCUT2D eigenvalue weighted by Crippen LogP contribution is 2.10. The van der Waals surface area contributed by atoms with Gasteiger partial charge in [-0.1, -0.05) is 18.2 Å². The van der Waals surface area contributed by atoms with Crippen molar-refractivity contribution < 1.29 is 9.59 Å². The Morgan fingerprint density at radius 3 is 2.29 bits per heavy atom. The Morgan fingerprint density at radius 2 is 1.67 bits per heavy atom. The van der Waals surface area contributed by atoms with Gasteiger partial charge in [-0.2, -0.15) is 0 Å². The Hall–Kier alpha value is -2.76. The maximum atomic E-state index is 12.3. The first kappa shape index (κ1) is 16.1. The summed E-state index contributed by atoms with van der Waals surface area (Å²) in [6.45, 7) is 2.26. The Labute approximate surface area is 141 Å². The number of piperazine rings is 1. The molecule has 0 saturated carbocycles. The van der Waals surface area contributed by atoms with Gasteiger partial charge >= 0.3 is 6.03 Å². The van der Waals surface area contributed by atoms with Crippen LogP contribution >= 0.6 is 0 Å². The lowest BCUT2D eigenvalue weighted by Crippen LogP contribution is -2.52. The van der Waals surface area contributed by atoms with E-state index in [-0.39, 0.29) is 11.9 Å². The summed E-state index contributed by atoms with van der Waals surface area (Å²) in [5.74, 6) is 0.115. The van der Waals surface area contributed by atoms with Gasteiger partial charge in [0, 0.05) is 51.3 Å². The quantitative estimate of drug-likeness (QED) is 0.937. The minimum absolute atomic E-state index is 0.114. The molecule has 6 nitrogen and oxygen atoms in total. The highest BCUT2D eigenvalue weighted by atomic mass is 16.2. The zero-order chi connectivity index (χ0) is 16.9. The van der Waals surface area contributed by atoms with Gasteiger partial charge in [0.2, 0.25) is 5.91 Å². The van der Waals surface area contributed by atoms with Crippen LogP contribution in [-0.4, -0.2) is 52.5 Å². The number of urea groups is 1. The normalized spacial score (nSPS) is 14.5. The lowest BCUT2D eigenvalue weighted by molar-refractivity contribution is -0.131. The van der Waals surface area contributed by atoms with Crippen LogP contribution in [0.5, 0.6) is 0 Å². The number of nitrogens with one attached hydrogen (secondary N) is 1. The first-order chi connectivity index (χ1) is 11.6. The lowest BCUT2D eigenvalue weighted by Gasteiger charge is -2.34. The molecule has 3 rings (SSSR count). The fourth-order valence-corrected chi connectivity index (χ4v) is 2.83. The van der Waals surface area contributed by atoms with Crippen molar-refractivity contribution >= 4 is 17.6 Å². The first-order valence-corrected chi connectivity index (χ1v) is 8.11. The predicted octanol–water partition coefficient (Wildman–Crippen LogP) is 1.94. The molecule has 1 saturated heterocycles. The van der Waals surface area contributed by atoms with Gasteiger partial charge in [0.1, 0.15) is 0 Å². The zero-order valence-electron chi connectivity index (χ0n) is 13.8. The molecule has 126 valence electrons. The summed E-state index contributed by atoms with van der Waals surface area (Å²) in [7, 11) is 1.94. The van der Waals surface area contributed by atoms with E-state index in [1.54, 1.807) is 4.90 Å². The second kappa shape index (κ2) is 7.21. The molecule has 1 aromatic carbocycles. The first-order valence-electron chi connectivity index (χ1n) is 8.11. The number of aryl methyl sites for hydroxylation is 1. The predicted molar refractivity (Wildman–Crippen MR) is 92.7 cm³/mol. The standard InChI is InChI=1S/C18H22N4O2/c1-20-8-7-15(14-20)13-17(23)21-9-11-22(12-10-21)18(24)19-16-5-3-2-4-6-16/h2-8,14H,9-13H2,1H3,(H,19,24). The topological polar surface area (TPSA) is 57.6 Å². The molecule has 0 bridgehead atoms. The Kier molecular flexibility index (Phi) is 4.84. The number of nitrogens with zero attached hydrogens (tertiary/aromatic N) is 3. The third-order valence-electron chi connectivity index (χ3n) is 4.19. The van der Waals surface area contributed by atoms with Gasteiger partial charge in [0.05, 0.1) is 6.42 Å². The van der Waals surface area contributed by atoms with Gasteiger partial charge in [0.25, 0.3) is 0 Å². The van der Waals surface area contributed by atoms with Gasteiger partial charge in [-0.3, -0.25) is 4.79 Å². The van der Waals surface area contributed by atoms with E-state index in [1.807, 2.05) is 65.3 Å². The molecule has 1 aliphatic heterocycles. The van der Waals surface area contributed by atoms with Gasteiger partial charge in [-0.15, -0.1) is 0 Å². The van der Waals surface area contributed by atoms with Crippen molar-refractivity contribution in [2.75, 3.05) is 31.5 Å². The summed E-state index contributed by atoms with van der Waals surface area (Å²) in [6, 6.07) is 11.2. The summed E-state index contributed by atoms with van der Waals surface area (Å²) in [5, 5.41) is 2.88. The Balaban J connectivity index is 1.48. The molecular formula is C18H22N4O2. The van der Waals surface area contributed by atoms with Crippen molar-refractivity contribution in [3.63, 3.8) is 0 Å². The summed E-state index contributed by atoms with van der Waals surface area (Å²) in [4.78, 5) is 28.2. The molecule has 24 heavy (non-hydrogen) atoms. The van der Waals surface area contributed by atoms with Gasteiger partial charge in [-0.25, -0.2) is 4.79 Å². The average Bonchev–Trinajstić information content (AvgIpc) is 3.00. The van der Waals surface area contributed by atoms with Crippen molar-refractivity contribution in [2.45, 2.75) is 6.42 Å². The molecule has 2 heterocycles. The number of carbonyl (C=O) groups excluding carboxylic acids is 2. The van der Waals surface area contributed by atoms with Gasteiger partial charge < -0.3 is 19.7 Å². The van der Waals surface area contributed by atoms with E-state index in [2.05, 4.69) is 5.32 Å². The van der Waals surface area contributed by atoms with E-state index in [1.165, 1.54) is 0 Å². The van der Waals surface area contributed by atoms with Crippen LogP contribution in [0.1, 0.15) is 5.56 Å². The second-order valence-electron chi connectivity index (χ2n) is 6.03. The van der Waals surface area contributed by atoms with Crippen LogP contribution in [0.4, 0.5) is 10.5 Å². The number of aromatic nitrogens is 1. The molecule has 2 aromatic rings. The minimum Gasteiger partial charge on any atom is -0.357 e. The van der Waals surface area contributed by atoms with E-state index in [9.17, 15) is 9.59 Å². The zero-order valence-corrected chi connectivity index (χ0v) is 13.8. The van der Waals surface area contributed by atoms with E-state index >= 15 is 0 Å². The SMILES string of the molecule is Cn1ccc(CC(=O)N2CCN(C(=O)Nc3ccccc3)CC2)c1. The van der Waals surface area contributed by atoms with Gasteiger partial charge in [0.15, 0.2) is 0 Å². The molecule has 0 spiro atoms. The Morgan fingerprint density at radius 1 is 1.00 bits per heavy atom. The monoisotopic (exact) mass is 326 g/mol. The summed E-state index contributed by atoms with van der Waals surface area (Å²) < 4.78 is 1.94. The van der Waals surface area contributed by atoms with Crippen LogP contribution < -0.4 is 5.32 Å². The number of hydrogen-bond donors (Lipinski definition) is 1. The number of para-hydroxylation sites is 1. The van der Waals surface area contributed by atoms with Crippen LogP contribution in [0.3, 0.4) is 0 Å². The number of anilines is 1. The number of carbonyl (C=O) groups is 2. The van der Waals surface area contributed by atoms with Crippen LogP contribution in [0.2, 0.25) is 0 Å². The van der Waals surface area contributed by atoms with Crippen molar-refractivity contribution in [3.05, 3.63) is 54.4 Å². The summed E-state index contributed by atoms with van der Waals surface area (Å²) in [6.07, 6.45) is 4.31. The van der Waals surface area contributed by atoms with Gasteiger partial charge in [-0.05, 0) is 23.8 Å². The molecule has 1 aliphatic rings. The summed E-state index contributed by atoms with van der Waals surface area (Å²) in [5.41, 5.74) is 1.80. The molecule has 0 unspecified atom stereocenters. The van der Waals surface area contributed by atoms with Crippen LogP contribution in [-0.2, 0) is 18.3 Å². The lowest BCUT2D eigenvalue weighted by atomic mass is 10.2. The molecule has 0 aliphatic carbocycles. The largest absolute Gasteiger partial charge is 0.357 e. The van der Waals surface area contributed by atoms with E-state index in [0.29, 0.717) is 32.6 Å². The molecular weight excluding hydrogens is 304 g/mol. The highest BCUT2D eigenvalue weighted by Gasteiger charge is 2.24.